The van der Waals surface area contributed by atoms with Gasteiger partial charge in [-0.05, 0) is 18.6 Å². The van der Waals surface area contributed by atoms with Crippen LogP contribution in [0.5, 0.6) is 11.5 Å². The lowest BCUT2D eigenvalue weighted by molar-refractivity contribution is 0.465. The van der Waals surface area contributed by atoms with Crippen molar-refractivity contribution in [3.8, 4) is 11.5 Å². The zero-order valence-corrected chi connectivity index (χ0v) is 10.3. The maximum absolute atomic E-state index is 13.0. The molecule has 0 atom stereocenters. The molecule has 0 saturated heterocycles. The normalized spacial score (nSPS) is 10.4. The quantitative estimate of drug-likeness (QED) is 0.825. The molecule has 5 heteroatoms. The average Bonchev–Trinajstić information content (AvgIpc) is 2.24. The van der Waals surface area contributed by atoms with E-state index < -0.39 is 11.6 Å². The lowest BCUT2D eigenvalue weighted by Gasteiger charge is -2.10. The lowest BCUT2D eigenvalue weighted by atomic mass is 10.2. The molecule has 0 spiro atoms. The first-order chi connectivity index (χ1) is 8.45. The molecule has 0 aromatic heterocycles. The van der Waals surface area contributed by atoms with Crippen LogP contribution in [0.2, 0.25) is 5.02 Å². The van der Waals surface area contributed by atoms with Crippen LogP contribution in [-0.2, 0) is 0 Å². The summed E-state index contributed by atoms with van der Waals surface area (Å²) >= 11 is 5.86. The number of ether oxygens (including phenoxy) is 1. The van der Waals surface area contributed by atoms with Gasteiger partial charge in [-0.1, -0.05) is 11.6 Å². The van der Waals surface area contributed by atoms with E-state index in [2.05, 4.69) is 0 Å². The Balaban J connectivity index is 2.36. The average molecular weight is 270 g/mol. The van der Waals surface area contributed by atoms with E-state index in [4.69, 9.17) is 22.1 Å². The molecule has 0 heterocycles. The minimum Gasteiger partial charge on any atom is -0.457 e. The van der Waals surface area contributed by atoms with Gasteiger partial charge in [0.05, 0.1) is 10.7 Å². The molecule has 2 N–H and O–H groups in total. The Morgan fingerprint density at radius 1 is 1.06 bits per heavy atom. The molecule has 2 aromatic rings. The van der Waals surface area contributed by atoms with Gasteiger partial charge >= 0.3 is 0 Å². The van der Waals surface area contributed by atoms with E-state index in [-0.39, 0.29) is 5.75 Å². The Morgan fingerprint density at radius 3 is 2.28 bits per heavy atom. The number of halogens is 3. The number of rotatable bonds is 2. The summed E-state index contributed by atoms with van der Waals surface area (Å²) in [4.78, 5) is 0. The van der Waals surface area contributed by atoms with E-state index in [9.17, 15) is 8.78 Å². The van der Waals surface area contributed by atoms with Crippen molar-refractivity contribution >= 4 is 17.3 Å². The number of nitrogens with two attached hydrogens (primary N) is 1. The molecular weight excluding hydrogens is 260 g/mol. The standard InChI is InChI=1S/C13H10ClF2NO/c1-7-2-12(17)11(14)6-13(7)18-10-4-8(15)3-9(16)5-10/h2-6H,17H2,1H3. The molecule has 2 aromatic carbocycles. The third kappa shape index (κ3) is 2.71. The van der Waals surface area contributed by atoms with Crippen molar-refractivity contribution in [2.45, 2.75) is 6.92 Å². The molecule has 94 valence electrons. The van der Waals surface area contributed by atoms with Crippen molar-refractivity contribution in [1.29, 1.82) is 0 Å². The minimum absolute atomic E-state index is 0.0661. The van der Waals surface area contributed by atoms with Crippen LogP contribution < -0.4 is 10.5 Å². The van der Waals surface area contributed by atoms with Gasteiger partial charge in [0.25, 0.3) is 0 Å². The fourth-order valence-electron chi connectivity index (χ4n) is 1.51. The van der Waals surface area contributed by atoms with Crippen molar-refractivity contribution < 1.29 is 13.5 Å². The molecule has 2 rings (SSSR count). The highest BCUT2D eigenvalue weighted by molar-refractivity contribution is 6.33. The SMILES string of the molecule is Cc1cc(N)c(Cl)cc1Oc1cc(F)cc(F)c1. The summed E-state index contributed by atoms with van der Waals surface area (Å²) in [5, 5.41) is 0.326. The molecule has 0 aliphatic heterocycles. The molecule has 2 nitrogen and oxygen atoms in total. The van der Waals surface area contributed by atoms with Crippen molar-refractivity contribution in [1.82, 2.24) is 0 Å². The Bertz CT molecular complexity index is 582. The number of hydrogen-bond donors (Lipinski definition) is 1. The first-order valence-corrected chi connectivity index (χ1v) is 5.53. The Kier molecular flexibility index (Phi) is 3.39. The molecular formula is C13H10ClF2NO. The molecule has 0 unspecified atom stereocenters. The second kappa shape index (κ2) is 4.82. The van der Waals surface area contributed by atoms with E-state index in [1.54, 1.807) is 13.0 Å². The third-order valence-corrected chi connectivity index (χ3v) is 2.69. The number of benzene rings is 2. The van der Waals surface area contributed by atoms with Gasteiger partial charge in [-0.3, -0.25) is 0 Å². The fraction of sp³-hybridized carbons (Fsp3) is 0.0769. The second-order valence-corrected chi connectivity index (χ2v) is 4.25. The monoisotopic (exact) mass is 269 g/mol. The molecule has 0 aliphatic carbocycles. The summed E-state index contributed by atoms with van der Waals surface area (Å²) in [6.45, 7) is 1.76. The van der Waals surface area contributed by atoms with Crippen LogP contribution in [0.15, 0.2) is 30.3 Å². The molecule has 0 saturated carbocycles. The molecule has 0 aliphatic rings. The Labute approximate surface area is 108 Å². The topological polar surface area (TPSA) is 35.2 Å². The number of aryl methyl sites for hydroxylation is 1. The maximum Gasteiger partial charge on any atom is 0.133 e. The van der Waals surface area contributed by atoms with Crippen molar-refractivity contribution in [3.63, 3.8) is 0 Å². The van der Waals surface area contributed by atoms with Crippen LogP contribution in [-0.4, -0.2) is 0 Å². The van der Waals surface area contributed by atoms with E-state index in [1.165, 1.54) is 6.07 Å². The highest BCUT2D eigenvalue weighted by atomic mass is 35.5. The van der Waals surface area contributed by atoms with Gasteiger partial charge in [-0.15, -0.1) is 0 Å². The largest absolute Gasteiger partial charge is 0.457 e. The van der Waals surface area contributed by atoms with E-state index in [0.717, 1.165) is 23.8 Å². The molecule has 0 fully saturated rings. The van der Waals surface area contributed by atoms with Gasteiger partial charge < -0.3 is 10.5 Å². The summed E-state index contributed by atoms with van der Waals surface area (Å²) in [6, 6.07) is 6.09. The van der Waals surface area contributed by atoms with Gasteiger partial charge in [0.1, 0.15) is 23.1 Å². The highest BCUT2D eigenvalue weighted by Gasteiger charge is 2.08. The van der Waals surface area contributed by atoms with E-state index >= 15 is 0 Å². The van der Waals surface area contributed by atoms with Crippen molar-refractivity contribution in [2.24, 2.45) is 0 Å². The molecule has 0 bridgehead atoms. The summed E-state index contributed by atoms with van der Waals surface area (Å²) in [5.74, 6) is -0.941. The van der Waals surface area contributed by atoms with Gasteiger partial charge in [0.15, 0.2) is 0 Å². The smallest absolute Gasteiger partial charge is 0.133 e. The van der Waals surface area contributed by atoms with Gasteiger partial charge in [-0.25, -0.2) is 8.78 Å². The first-order valence-electron chi connectivity index (χ1n) is 5.15. The lowest BCUT2D eigenvalue weighted by Crippen LogP contribution is -1.93. The first kappa shape index (κ1) is 12.6. The summed E-state index contributed by atoms with van der Waals surface area (Å²) in [5.41, 5.74) is 6.77. The predicted molar refractivity (Wildman–Crippen MR) is 67.0 cm³/mol. The molecule has 0 radical (unpaired) electrons. The Morgan fingerprint density at radius 2 is 1.67 bits per heavy atom. The van der Waals surface area contributed by atoms with Crippen molar-refractivity contribution in [2.75, 3.05) is 5.73 Å². The summed E-state index contributed by atoms with van der Waals surface area (Å²) in [6.07, 6.45) is 0. The number of hydrogen-bond acceptors (Lipinski definition) is 2. The van der Waals surface area contributed by atoms with Crippen LogP contribution in [0.25, 0.3) is 0 Å². The van der Waals surface area contributed by atoms with E-state index in [1.807, 2.05) is 0 Å². The van der Waals surface area contributed by atoms with E-state index in [0.29, 0.717) is 16.5 Å². The third-order valence-electron chi connectivity index (χ3n) is 2.36. The second-order valence-electron chi connectivity index (χ2n) is 3.85. The predicted octanol–water partition coefficient (Wildman–Crippen LogP) is 4.30. The fourth-order valence-corrected chi connectivity index (χ4v) is 1.66. The zero-order chi connectivity index (χ0) is 13.3. The van der Waals surface area contributed by atoms with Crippen LogP contribution in [0, 0.1) is 18.6 Å². The van der Waals surface area contributed by atoms with Gasteiger partial charge in [0, 0.05) is 24.3 Å². The highest BCUT2D eigenvalue weighted by Crippen LogP contribution is 2.32. The van der Waals surface area contributed by atoms with Crippen molar-refractivity contribution in [3.05, 3.63) is 52.6 Å². The summed E-state index contributed by atoms with van der Waals surface area (Å²) in [7, 11) is 0. The number of anilines is 1. The van der Waals surface area contributed by atoms with Gasteiger partial charge in [-0.2, -0.15) is 0 Å². The van der Waals surface area contributed by atoms with Crippen LogP contribution >= 0.6 is 11.6 Å². The maximum atomic E-state index is 13.0. The molecule has 18 heavy (non-hydrogen) atoms. The summed E-state index contributed by atoms with van der Waals surface area (Å²) < 4.78 is 31.4. The van der Waals surface area contributed by atoms with Crippen LogP contribution in [0.4, 0.5) is 14.5 Å². The molecule has 0 amide bonds. The minimum atomic E-state index is -0.704. The zero-order valence-electron chi connectivity index (χ0n) is 9.51. The Hall–Kier alpha value is -1.81. The van der Waals surface area contributed by atoms with Crippen LogP contribution in [0.1, 0.15) is 5.56 Å². The van der Waals surface area contributed by atoms with Gasteiger partial charge in [0.2, 0.25) is 0 Å². The number of nitrogen functional groups attached to an aromatic ring is 1. The van der Waals surface area contributed by atoms with Crippen LogP contribution in [0.3, 0.4) is 0 Å².